The third-order valence-corrected chi connectivity index (χ3v) is 4.19. The topological polar surface area (TPSA) is 91.3 Å². The molecule has 0 spiro atoms. The lowest BCUT2D eigenvalue weighted by Crippen LogP contribution is -2.45. The van der Waals surface area contributed by atoms with E-state index in [0.717, 1.165) is 0 Å². The maximum Gasteiger partial charge on any atom is 0.242 e. The van der Waals surface area contributed by atoms with Gasteiger partial charge >= 0.3 is 0 Å². The number of carbonyl (C=O) groups is 1. The first-order chi connectivity index (χ1) is 11.2. The second kappa shape index (κ2) is 12.1. The van der Waals surface area contributed by atoms with E-state index in [1.807, 2.05) is 27.8 Å². The molecular weight excluding hydrogens is 332 g/mol. The first-order valence-electron chi connectivity index (χ1n) is 8.27. The Hall–Kier alpha value is -1.35. The van der Waals surface area contributed by atoms with Crippen molar-refractivity contribution < 1.29 is 17.9 Å². The molecule has 0 atom stereocenters. The van der Waals surface area contributed by atoms with Crippen molar-refractivity contribution in [3.05, 3.63) is 0 Å². The number of hydrogen-bond donors (Lipinski definition) is 1. The number of guanidine groups is 1. The minimum atomic E-state index is -3.00. The second-order valence-electron chi connectivity index (χ2n) is 5.40. The highest BCUT2D eigenvalue weighted by atomic mass is 32.2. The fraction of sp³-hybridized carbons (Fsp3) is 0.867. The fourth-order valence-corrected chi connectivity index (χ4v) is 2.37. The quantitative estimate of drug-likeness (QED) is 0.310. The predicted octanol–water partition coefficient (Wildman–Crippen LogP) is -0.187. The Bertz CT molecular complexity index is 490. The van der Waals surface area contributed by atoms with Crippen molar-refractivity contribution in [1.82, 2.24) is 15.1 Å². The number of amides is 1. The predicted molar refractivity (Wildman–Crippen MR) is 97.1 cm³/mol. The average molecular weight is 365 g/mol. The summed E-state index contributed by atoms with van der Waals surface area (Å²) in [5.74, 6) is 0.692. The summed E-state index contributed by atoms with van der Waals surface area (Å²) in [6.45, 7) is 9.08. The summed E-state index contributed by atoms with van der Waals surface area (Å²) >= 11 is 0. The molecule has 0 heterocycles. The van der Waals surface area contributed by atoms with Crippen LogP contribution in [0.1, 0.15) is 20.8 Å². The van der Waals surface area contributed by atoms with E-state index in [4.69, 9.17) is 4.74 Å². The van der Waals surface area contributed by atoms with Gasteiger partial charge in [0.15, 0.2) is 5.96 Å². The molecule has 0 rings (SSSR count). The van der Waals surface area contributed by atoms with E-state index < -0.39 is 9.84 Å². The summed E-state index contributed by atoms with van der Waals surface area (Å²) in [5, 5.41) is 3.13. The third-order valence-electron chi connectivity index (χ3n) is 3.28. The van der Waals surface area contributed by atoms with E-state index in [0.29, 0.717) is 38.7 Å². The normalized spacial score (nSPS) is 12.1. The zero-order valence-corrected chi connectivity index (χ0v) is 16.4. The van der Waals surface area contributed by atoms with E-state index >= 15 is 0 Å². The van der Waals surface area contributed by atoms with Gasteiger partial charge in [0.05, 0.1) is 32.1 Å². The van der Waals surface area contributed by atoms with Crippen molar-refractivity contribution in [3.8, 4) is 0 Å². The van der Waals surface area contributed by atoms with E-state index in [1.54, 1.807) is 9.80 Å². The number of aliphatic imine (C=N–C) groups is 1. The van der Waals surface area contributed by atoms with Crippen LogP contribution in [0.25, 0.3) is 0 Å². The summed E-state index contributed by atoms with van der Waals surface area (Å²) in [5.41, 5.74) is 0. The average Bonchev–Trinajstić information content (AvgIpc) is 2.49. The van der Waals surface area contributed by atoms with Crippen LogP contribution in [0.15, 0.2) is 4.99 Å². The van der Waals surface area contributed by atoms with Crippen molar-refractivity contribution >= 4 is 21.7 Å². The Kier molecular flexibility index (Phi) is 11.4. The molecule has 0 aromatic carbocycles. The molecule has 1 amide bonds. The molecule has 0 saturated heterocycles. The Morgan fingerprint density at radius 3 is 2.29 bits per heavy atom. The first-order valence-corrected chi connectivity index (χ1v) is 10.3. The highest BCUT2D eigenvalue weighted by Gasteiger charge is 2.14. The molecule has 0 aliphatic carbocycles. The number of ether oxygens (including phenoxy) is 1. The highest BCUT2D eigenvalue weighted by molar-refractivity contribution is 7.90. The van der Waals surface area contributed by atoms with Crippen LogP contribution in [0.5, 0.6) is 0 Å². The molecule has 9 heteroatoms. The van der Waals surface area contributed by atoms with Crippen LogP contribution in [0.3, 0.4) is 0 Å². The maximum absolute atomic E-state index is 12.2. The van der Waals surface area contributed by atoms with Gasteiger partial charge in [0, 0.05) is 32.9 Å². The molecular formula is C15H32N4O4S. The summed E-state index contributed by atoms with van der Waals surface area (Å²) in [6, 6.07) is 0. The van der Waals surface area contributed by atoms with Crippen LogP contribution in [0, 0.1) is 0 Å². The van der Waals surface area contributed by atoms with Gasteiger partial charge in [0.2, 0.25) is 5.91 Å². The highest BCUT2D eigenvalue weighted by Crippen LogP contribution is 1.94. The van der Waals surface area contributed by atoms with Gasteiger partial charge in [-0.2, -0.15) is 0 Å². The fourth-order valence-electron chi connectivity index (χ4n) is 1.95. The van der Waals surface area contributed by atoms with Crippen LogP contribution in [0.4, 0.5) is 0 Å². The third kappa shape index (κ3) is 10.4. The molecule has 24 heavy (non-hydrogen) atoms. The van der Waals surface area contributed by atoms with Crippen molar-refractivity contribution in [2.45, 2.75) is 20.8 Å². The number of nitrogens with zero attached hydrogens (tertiary/aromatic N) is 3. The number of sulfone groups is 1. The Morgan fingerprint density at radius 2 is 1.79 bits per heavy atom. The van der Waals surface area contributed by atoms with Gasteiger partial charge in [-0.1, -0.05) is 0 Å². The second-order valence-corrected chi connectivity index (χ2v) is 7.66. The standard InChI is InChI=1S/C15H32N4O4S/c1-6-16-15(17-9-10-23-11-12-24(5,21)22)18(4)13-14(20)19(7-2)8-3/h6-13H2,1-5H3,(H,16,17). The van der Waals surface area contributed by atoms with Gasteiger partial charge in [-0.25, -0.2) is 8.42 Å². The van der Waals surface area contributed by atoms with Gasteiger partial charge < -0.3 is 19.9 Å². The van der Waals surface area contributed by atoms with Crippen LogP contribution < -0.4 is 5.32 Å². The molecule has 0 saturated carbocycles. The number of carbonyl (C=O) groups excluding carboxylic acids is 1. The molecule has 0 aromatic rings. The molecule has 0 unspecified atom stereocenters. The first kappa shape index (κ1) is 22.6. The lowest BCUT2D eigenvalue weighted by atomic mass is 10.4. The lowest BCUT2D eigenvalue weighted by Gasteiger charge is -2.25. The van der Waals surface area contributed by atoms with E-state index in [-0.39, 0.29) is 24.8 Å². The Balaban J connectivity index is 4.42. The molecule has 0 aromatic heterocycles. The molecule has 142 valence electrons. The monoisotopic (exact) mass is 364 g/mol. The number of likely N-dealkylation sites (N-methyl/N-ethyl adjacent to an activating group) is 2. The smallest absolute Gasteiger partial charge is 0.242 e. The van der Waals surface area contributed by atoms with Gasteiger partial charge in [-0.05, 0) is 20.8 Å². The van der Waals surface area contributed by atoms with Crippen LogP contribution in [-0.4, -0.2) is 95.1 Å². The van der Waals surface area contributed by atoms with E-state index in [1.165, 1.54) is 6.26 Å². The van der Waals surface area contributed by atoms with Crippen LogP contribution in [0.2, 0.25) is 0 Å². The molecule has 0 radical (unpaired) electrons. The minimum absolute atomic E-state index is 0.00898. The SMILES string of the molecule is CCNC(=NCCOCCS(C)(=O)=O)N(C)CC(=O)N(CC)CC. The summed E-state index contributed by atoms with van der Waals surface area (Å²) in [7, 11) is -1.19. The van der Waals surface area contributed by atoms with Crippen molar-refractivity contribution in [2.75, 3.05) is 65.0 Å². The van der Waals surface area contributed by atoms with Crippen molar-refractivity contribution in [1.29, 1.82) is 0 Å². The summed E-state index contributed by atoms with van der Waals surface area (Å²) in [6.07, 6.45) is 1.18. The van der Waals surface area contributed by atoms with Gasteiger partial charge in [0.1, 0.15) is 9.84 Å². The lowest BCUT2D eigenvalue weighted by molar-refractivity contribution is -0.131. The van der Waals surface area contributed by atoms with Gasteiger partial charge in [0.25, 0.3) is 0 Å². The zero-order chi connectivity index (χ0) is 18.6. The molecule has 0 bridgehead atoms. The zero-order valence-electron chi connectivity index (χ0n) is 15.5. The molecule has 0 fully saturated rings. The van der Waals surface area contributed by atoms with E-state index in [9.17, 15) is 13.2 Å². The van der Waals surface area contributed by atoms with Gasteiger partial charge in [-0.15, -0.1) is 0 Å². The van der Waals surface area contributed by atoms with Crippen LogP contribution >= 0.6 is 0 Å². The molecule has 8 nitrogen and oxygen atoms in total. The maximum atomic E-state index is 12.2. The van der Waals surface area contributed by atoms with Crippen molar-refractivity contribution in [2.24, 2.45) is 4.99 Å². The summed E-state index contributed by atoms with van der Waals surface area (Å²) in [4.78, 5) is 20.1. The molecule has 0 aliphatic rings. The summed E-state index contributed by atoms with van der Waals surface area (Å²) < 4.78 is 27.3. The van der Waals surface area contributed by atoms with E-state index in [2.05, 4.69) is 10.3 Å². The molecule has 0 aliphatic heterocycles. The Labute approximate surface area is 146 Å². The number of nitrogens with one attached hydrogen (secondary N) is 1. The van der Waals surface area contributed by atoms with Crippen molar-refractivity contribution in [3.63, 3.8) is 0 Å². The minimum Gasteiger partial charge on any atom is -0.378 e. The largest absolute Gasteiger partial charge is 0.378 e. The van der Waals surface area contributed by atoms with Gasteiger partial charge in [-0.3, -0.25) is 9.79 Å². The molecule has 1 N–H and O–H groups in total. The van der Waals surface area contributed by atoms with Crippen LogP contribution in [-0.2, 0) is 19.4 Å². The number of rotatable bonds is 11. The number of hydrogen-bond acceptors (Lipinski definition) is 5. The Morgan fingerprint density at radius 1 is 1.17 bits per heavy atom.